The van der Waals surface area contributed by atoms with Gasteiger partial charge in [0.15, 0.2) is 0 Å². The second-order valence-electron chi connectivity index (χ2n) is 6.27. The van der Waals surface area contributed by atoms with Gasteiger partial charge in [-0.15, -0.1) is 0 Å². The molecule has 4 aromatic rings. The Morgan fingerprint density at radius 3 is 2.52 bits per heavy atom. The predicted molar refractivity (Wildman–Crippen MR) is 108 cm³/mol. The summed E-state index contributed by atoms with van der Waals surface area (Å²) in [6.45, 7) is 0. The maximum atomic E-state index is 10.9. The van der Waals surface area contributed by atoms with Gasteiger partial charge in [-0.2, -0.15) is 0 Å². The van der Waals surface area contributed by atoms with Gasteiger partial charge in [0.1, 0.15) is 28.5 Å². The zero-order chi connectivity index (χ0) is 20.4. The molecule has 0 spiro atoms. The van der Waals surface area contributed by atoms with Gasteiger partial charge in [-0.25, -0.2) is 4.99 Å². The third kappa shape index (κ3) is 3.66. The maximum absolute atomic E-state index is 10.9. The number of ether oxygens (including phenoxy) is 1. The number of methoxy groups -OCH3 is 1. The Labute approximate surface area is 165 Å². The van der Waals surface area contributed by atoms with E-state index in [1.54, 1.807) is 31.4 Å². The molecule has 1 aromatic heterocycles. The molecular weight excluding hydrogens is 372 g/mol. The standard InChI is InChI=1S/C22H16N2O5/c1-28-16-8-10-21-17(12-16)19(13-22(29-21)14-5-3-2-4-6-14)23-18-9-7-15(24(26)27)11-20(18)25/h2-13,25H,1H3. The van der Waals surface area contributed by atoms with E-state index in [1.165, 1.54) is 12.1 Å². The lowest BCUT2D eigenvalue weighted by atomic mass is 10.1. The Balaban J connectivity index is 1.98. The van der Waals surface area contributed by atoms with Crippen LogP contribution >= 0.6 is 0 Å². The van der Waals surface area contributed by atoms with E-state index in [0.29, 0.717) is 27.8 Å². The van der Waals surface area contributed by atoms with E-state index in [0.717, 1.165) is 11.6 Å². The topological polar surface area (TPSA) is 98.1 Å². The van der Waals surface area contributed by atoms with E-state index < -0.39 is 4.92 Å². The average Bonchev–Trinajstić information content (AvgIpc) is 2.75. The highest BCUT2D eigenvalue weighted by Crippen LogP contribution is 2.31. The van der Waals surface area contributed by atoms with Crippen LogP contribution < -0.4 is 10.1 Å². The minimum absolute atomic E-state index is 0.207. The van der Waals surface area contributed by atoms with E-state index in [-0.39, 0.29) is 17.1 Å². The Morgan fingerprint density at radius 1 is 1.03 bits per heavy atom. The first-order chi connectivity index (χ1) is 14.0. The number of phenolic OH excluding ortho intramolecular Hbond substituents is 1. The van der Waals surface area contributed by atoms with Crippen molar-refractivity contribution in [1.29, 1.82) is 0 Å². The Hall–Kier alpha value is -4.13. The third-order valence-electron chi connectivity index (χ3n) is 4.42. The minimum Gasteiger partial charge on any atom is -0.505 e. The fraction of sp³-hybridized carbons (Fsp3) is 0.0455. The number of non-ortho nitro benzene ring substituents is 1. The van der Waals surface area contributed by atoms with E-state index >= 15 is 0 Å². The molecule has 4 rings (SSSR count). The number of benzene rings is 3. The van der Waals surface area contributed by atoms with E-state index in [4.69, 9.17) is 9.15 Å². The van der Waals surface area contributed by atoms with Crippen molar-refractivity contribution >= 4 is 22.3 Å². The summed E-state index contributed by atoms with van der Waals surface area (Å²) >= 11 is 0. The smallest absolute Gasteiger partial charge is 0.273 e. The molecule has 0 saturated carbocycles. The highest BCUT2D eigenvalue weighted by Gasteiger charge is 2.11. The maximum Gasteiger partial charge on any atom is 0.273 e. The van der Waals surface area contributed by atoms with Crippen LogP contribution in [0.15, 0.2) is 82.2 Å². The summed E-state index contributed by atoms with van der Waals surface area (Å²) in [6, 6.07) is 20.5. The lowest BCUT2D eigenvalue weighted by Gasteiger charge is -2.07. The monoisotopic (exact) mass is 388 g/mol. The molecule has 29 heavy (non-hydrogen) atoms. The van der Waals surface area contributed by atoms with Crippen LogP contribution in [0.25, 0.3) is 22.3 Å². The zero-order valence-corrected chi connectivity index (χ0v) is 15.4. The van der Waals surface area contributed by atoms with Crippen molar-refractivity contribution in [1.82, 2.24) is 0 Å². The Morgan fingerprint density at radius 2 is 1.83 bits per heavy atom. The molecule has 0 amide bonds. The first kappa shape index (κ1) is 18.2. The van der Waals surface area contributed by atoms with Crippen LogP contribution in [-0.4, -0.2) is 17.1 Å². The summed E-state index contributed by atoms with van der Waals surface area (Å²) in [6.07, 6.45) is 0. The van der Waals surface area contributed by atoms with Crippen molar-refractivity contribution in [3.63, 3.8) is 0 Å². The summed E-state index contributed by atoms with van der Waals surface area (Å²) in [5, 5.41) is 22.3. The van der Waals surface area contributed by atoms with Crippen LogP contribution in [-0.2, 0) is 0 Å². The van der Waals surface area contributed by atoms with Gasteiger partial charge in [-0.05, 0) is 24.3 Å². The van der Waals surface area contributed by atoms with Crippen molar-refractivity contribution in [3.8, 4) is 22.8 Å². The first-order valence-corrected chi connectivity index (χ1v) is 8.74. The van der Waals surface area contributed by atoms with E-state index in [2.05, 4.69) is 4.99 Å². The van der Waals surface area contributed by atoms with Gasteiger partial charge in [0.25, 0.3) is 5.69 Å². The molecule has 0 bridgehead atoms. The number of rotatable bonds is 4. The molecule has 7 heteroatoms. The van der Waals surface area contributed by atoms with Gasteiger partial charge in [-0.1, -0.05) is 30.3 Å². The van der Waals surface area contributed by atoms with E-state index in [1.807, 2.05) is 30.3 Å². The molecule has 0 radical (unpaired) electrons. The number of nitro benzene ring substituents is 1. The van der Waals surface area contributed by atoms with E-state index in [9.17, 15) is 15.2 Å². The summed E-state index contributed by atoms with van der Waals surface area (Å²) in [7, 11) is 1.57. The zero-order valence-electron chi connectivity index (χ0n) is 15.4. The SMILES string of the molecule is COc1ccc2oc(-c3ccccc3)cc(=Nc3ccc([N+](=O)[O-])cc3O)c2c1. The highest BCUT2D eigenvalue weighted by molar-refractivity contribution is 5.80. The van der Waals surface area contributed by atoms with Crippen LogP contribution in [0.2, 0.25) is 0 Å². The van der Waals surface area contributed by atoms with Gasteiger partial charge < -0.3 is 14.3 Å². The molecule has 0 aliphatic rings. The molecule has 0 aliphatic carbocycles. The fourth-order valence-electron chi connectivity index (χ4n) is 2.96. The van der Waals surface area contributed by atoms with Crippen LogP contribution in [0.5, 0.6) is 11.5 Å². The number of aromatic hydroxyl groups is 1. The predicted octanol–water partition coefficient (Wildman–Crippen LogP) is 4.95. The van der Waals surface area contributed by atoms with Crippen molar-refractivity contribution in [3.05, 3.63) is 88.3 Å². The number of nitro groups is 1. The van der Waals surface area contributed by atoms with Gasteiger partial charge in [0.2, 0.25) is 0 Å². The lowest BCUT2D eigenvalue weighted by molar-refractivity contribution is -0.384. The van der Waals surface area contributed by atoms with Gasteiger partial charge in [0.05, 0.1) is 23.5 Å². The third-order valence-corrected chi connectivity index (χ3v) is 4.42. The van der Waals surface area contributed by atoms with Gasteiger partial charge >= 0.3 is 0 Å². The van der Waals surface area contributed by atoms with Crippen molar-refractivity contribution < 1.29 is 19.2 Å². The number of hydrogen-bond acceptors (Lipinski definition) is 6. The summed E-state index contributed by atoms with van der Waals surface area (Å²) in [5.74, 6) is 0.949. The molecule has 0 fully saturated rings. The Bertz CT molecular complexity index is 1280. The summed E-state index contributed by atoms with van der Waals surface area (Å²) in [4.78, 5) is 14.9. The van der Waals surface area contributed by atoms with Crippen LogP contribution in [0.4, 0.5) is 11.4 Å². The number of phenols is 1. The molecule has 0 atom stereocenters. The molecule has 7 nitrogen and oxygen atoms in total. The molecule has 0 saturated heterocycles. The summed E-state index contributed by atoms with van der Waals surface area (Å²) in [5.41, 5.74) is 1.47. The normalized spacial score (nSPS) is 11.6. The molecule has 144 valence electrons. The van der Waals surface area contributed by atoms with Crippen molar-refractivity contribution in [2.75, 3.05) is 7.11 Å². The lowest BCUT2D eigenvalue weighted by Crippen LogP contribution is -2.03. The highest BCUT2D eigenvalue weighted by atomic mass is 16.6. The van der Waals surface area contributed by atoms with Crippen molar-refractivity contribution in [2.24, 2.45) is 4.99 Å². The average molecular weight is 388 g/mol. The van der Waals surface area contributed by atoms with Gasteiger partial charge in [-0.3, -0.25) is 10.1 Å². The molecule has 1 heterocycles. The Kier molecular flexibility index (Phi) is 4.70. The second kappa shape index (κ2) is 7.47. The number of hydrogen-bond donors (Lipinski definition) is 1. The first-order valence-electron chi connectivity index (χ1n) is 8.74. The summed E-state index contributed by atoms with van der Waals surface area (Å²) < 4.78 is 11.3. The molecular formula is C22H16N2O5. The van der Waals surface area contributed by atoms with Crippen LogP contribution in [0, 0.1) is 10.1 Å². The van der Waals surface area contributed by atoms with Crippen molar-refractivity contribution in [2.45, 2.75) is 0 Å². The molecule has 1 N–H and O–H groups in total. The number of nitrogens with zero attached hydrogens (tertiary/aromatic N) is 2. The van der Waals surface area contributed by atoms with Crippen LogP contribution in [0.3, 0.4) is 0 Å². The molecule has 0 aliphatic heterocycles. The number of fused-ring (bicyclic) bond motifs is 1. The second-order valence-corrected chi connectivity index (χ2v) is 6.27. The van der Waals surface area contributed by atoms with Crippen LogP contribution in [0.1, 0.15) is 0 Å². The van der Waals surface area contributed by atoms with Gasteiger partial charge in [0, 0.05) is 23.1 Å². The molecule has 0 unspecified atom stereocenters. The quantitative estimate of drug-likeness (QED) is 0.394. The fourth-order valence-corrected chi connectivity index (χ4v) is 2.96. The minimum atomic E-state index is -0.571. The molecule has 3 aromatic carbocycles. The largest absolute Gasteiger partial charge is 0.505 e.